The highest BCUT2D eigenvalue weighted by molar-refractivity contribution is 5.95. The Morgan fingerprint density at radius 3 is 2.18 bits per heavy atom. The minimum absolute atomic E-state index is 0.0317. The first-order valence-corrected chi connectivity index (χ1v) is 13.9. The zero-order valence-corrected chi connectivity index (χ0v) is 24.0. The van der Waals surface area contributed by atoms with Crippen LogP contribution < -0.4 is 0 Å². The van der Waals surface area contributed by atoms with Crippen molar-refractivity contribution in [2.24, 2.45) is 39.4 Å². The van der Waals surface area contributed by atoms with Gasteiger partial charge >= 0.3 is 0 Å². The topological polar surface area (TPSA) is 152 Å². The smallest absolute Gasteiger partial charge is 0.170 e. The summed E-state index contributed by atoms with van der Waals surface area (Å²) in [6.45, 7) is 13.6. The van der Waals surface area contributed by atoms with E-state index in [1.165, 1.54) is 20.8 Å². The number of carbonyl (C=O) groups is 3. The van der Waals surface area contributed by atoms with Crippen LogP contribution in [-0.2, 0) is 14.4 Å². The number of aliphatic hydroxyl groups is 5. The predicted molar refractivity (Wildman–Crippen MR) is 140 cm³/mol. The summed E-state index contributed by atoms with van der Waals surface area (Å²) < 4.78 is 0. The van der Waals surface area contributed by atoms with E-state index in [0.717, 1.165) is 5.57 Å². The van der Waals surface area contributed by atoms with E-state index >= 15 is 0 Å². The number of allylic oxidation sites excluding steroid dienone is 2. The van der Waals surface area contributed by atoms with Crippen molar-refractivity contribution in [1.29, 1.82) is 0 Å². The van der Waals surface area contributed by atoms with Gasteiger partial charge in [-0.3, -0.25) is 14.4 Å². The van der Waals surface area contributed by atoms with E-state index < -0.39 is 69.3 Å². The van der Waals surface area contributed by atoms with Crippen LogP contribution >= 0.6 is 0 Å². The third-order valence-corrected chi connectivity index (χ3v) is 11.8. The van der Waals surface area contributed by atoms with E-state index in [4.69, 9.17) is 0 Å². The molecule has 8 heteroatoms. The largest absolute Gasteiger partial charge is 0.393 e. The molecule has 0 bridgehead atoms. The SMILES string of the molecule is CC1(C)C(=O)[C@@H](O)C[C@@H]2C1=CC[C@@H]1[C@@]2(C)C(=O)C[C@]2(C)[C@@H](C(C)(O)C(=O)CC(O)C(C)(C)O)[C@H](O)C[C@@]12C. The number of carbonyl (C=O) groups excluding carboxylic acids is 3. The average molecular weight is 535 g/mol. The molecule has 0 radical (unpaired) electrons. The zero-order valence-electron chi connectivity index (χ0n) is 24.0. The second-order valence-corrected chi connectivity index (χ2v) is 14.7. The van der Waals surface area contributed by atoms with Crippen LogP contribution in [0, 0.1) is 39.4 Å². The van der Waals surface area contributed by atoms with Crippen molar-refractivity contribution in [3.8, 4) is 0 Å². The van der Waals surface area contributed by atoms with Crippen molar-refractivity contribution in [3.63, 3.8) is 0 Å². The van der Waals surface area contributed by atoms with Crippen LogP contribution in [0.2, 0.25) is 0 Å². The van der Waals surface area contributed by atoms with Crippen molar-refractivity contribution >= 4 is 17.3 Å². The first kappa shape index (κ1) is 29.5. The lowest BCUT2D eigenvalue weighted by Crippen LogP contribution is -2.65. The van der Waals surface area contributed by atoms with Crippen LogP contribution in [0.4, 0.5) is 0 Å². The van der Waals surface area contributed by atoms with Gasteiger partial charge in [0.15, 0.2) is 11.6 Å². The lowest BCUT2D eigenvalue weighted by Gasteiger charge is -2.64. The summed E-state index contributed by atoms with van der Waals surface area (Å²) in [5.74, 6) is -2.49. The van der Waals surface area contributed by atoms with Crippen LogP contribution in [0.5, 0.6) is 0 Å². The van der Waals surface area contributed by atoms with Crippen LogP contribution in [0.15, 0.2) is 11.6 Å². The van der Waals surface area contributed by atoms with E-state index in [0.29, 0.717) is 6.42 Å². The second kappa shape index (κ2) is 8.53. The van der Waals surface area contributed by atoms with Crippen LogP contribution in [0.1, 0.15) is 87.5 Å². The molecule has 4 aliphatic rings. The van der Waals surface area contributed by atoms with Crippen molar-refractivity contribution in [2.45, 2.75) is 117 Å². The maximum Gasteiger partial charge on any atom is 0.170 e. The Morgan fingerprint density at radius 2 is 1.63 bits per heavy atom. The fraction of sp³-hybridized carbons (Fsp3) is 0.833. The Bertz CT molecular complexity index is 1080. The highest BCUT2D eigenvalue weighted by atomic mass is 16.3. The highest BCUT2D eigenvalue weighted by Crippen LogP contribution is 2.74. The Hall–Kier alpha value is -1.45. The van der Waals surface area contributed by atoms with Crippen molar-refractivity contribution in [1.82, 2.24) is 0 Å². The van der Waals surface area contributed by atoms with Crippen molar-refractivity contribution in [3.05, 3.63) is 11.6 Å². The molecule has 0 aromatic rings. The molecule has 214 valence electrons. The Kier molecular flexibility index (Phi) is 6.63. The maximum atomic E-state index is 14.2. The lowest BCUT2D eigenvalue weighted by atomic mass is 9.38. The van der Waals surface area contributed by atoms with Crippen LogP contribution in [0.25, 0.3) is 0 Å². The van der Waals surface area contributed by atoms with E-state index in [-0.39, 0.29) is 42.7 Å². The molecule has 8 nitrogen and oxygen atoms in total. The van der Waals surface area contributed by atoms with E-state index in [9.17, 15) is 39.9 Å². The van der Waals surface area contributed by atoms with Gasteiger partial charge in [0.25, 0.3) is 0 Å². The standard InChI is InChI=1S/C30H46O8/c1-25(2)15-9-10-19-27(5)13-18(32)23(30(8,38)21(34)12-20(33)26(3,4)37)28(27,6)14-22(35)29(19,7)16(15)11-17(31)24(25)36/h9,16-20,23,31-33,37-38H,10-14H2,1-8H3/t16-,17+,18-,19+,20?,23+,27+,28-,29+,30?/m1/s1. The number of Topliss-reactive ketones (excluding diaryl/α,β-unsaturated/α-hetero) is 3. The number of fused-ring (bicyclic) bond motifs is 5. The molecule has 0 amide bonds. The molecule has 5 N–H and O–H groups in total. The number of hydrogen-bond donors (Lipinski definition) is 5. The molecule has 10 atom stereocenters. The molecule has 0 heterocycles. The zero-order chi connectivity index (χ0) is 29.0. The van der Waals surface area contributed by atoms with Gasteiger partial charge in [-0.1, -0.05) is 32.4 Å². The summed E-state index contributed by atoms with van der Waals surface area (Å²) in [5.41, 5.74) is -6.03. The van der Waals surface area contributed by atoms with E-state index in [1.54, 1.807) is 13.8 Å². The van der Waals surface area contributed by atoms with Gasteiger partial charge in [0, 0.05) is 29.6 Å². The minimum atomic E-state index is -2.04. The second-order valence-electron chi connectivity index (χ2n) is 14.7. The fourth-order valence-electron chi connectivity index (χ4n) is 9.20. The number of rotatable bonds is 5. The maximum absolute atomic E-state index is 14.2. The summed E-state index contributed by atoms with van der Waals surface area (Å²) in [4.78, 5) is 40.4. The Balaban J connectivity index is 1.77. The molecule has 38 heavy (non-hydrogen) atoms. The van der Waals surface area contributed by atoms with Crippen LogP contribution in [-0.4, -0.2) is 72.4 Å². The summed E-state index contributed by atoms with van der Waals surface area (Å²) in [6.07, 6.45) is -1.07. The van der Waals surface area contributed by atoms with E-state index in [1.807, 2.05) is 26.8 Å². The minimum Gasteiger partial charge on any atom is -0.393 e. The first-order valence-electron chi connectivity index (χ1n) is 13.9. The van der Waals surface area contributed by atoms with Gasteiger partial charge in [0.05, 0.1) is 17.8 Å². The average Bonchev–Trinajstić information content (AvgIpc) is 2.97. The van der Waals surface area contributed by atoms with Gasteiger partial charge in [0.1, 0.15) is 17.5 Å². The molecule has 4 rings (SSSR count). The Labute approximate surface area is 225 Å². The van der Waals surface area contributed by atoms with E-state index in [2.05, 4.69) is 0 Å². The third kappa shape index (κ3) is 3.70. The molecule has 3 saturated carbocycles. The van der Waals surface area contributed by atoms with Gasteiger partial charge in [-0.2, -0.15) is 0 Å². The number of ketones is 3. The summed E-state index contributed by atoms with van der Waals surface area (Å²) in [7, 11) is 0. The predicted octanol–water partition coefficient (Wildman–Crippen LogP) is 2.12. The Morgan fingerprint density at radius 1 is 1.05 bits per heavy atom. The lowest BCUT2D eigenvalue weighted by molar-refractivity contribution is -0.186. The first-order chi connectivity index (χ1) is 17.1. The number of hydrogen-bond acceptors (Lipinski definition) is 8. The highest BCUT2D eigenvalue weighted by Gasteiger charge is 2.74. The summed E-state index contributed by atoms with van der Waals surface area (Å²) in [5, 5.41) is 54.3. The summed E-state index contributed by atoms with van der Waals surface area (Å²) >= 11 is 0. The van der Waals surface area contributed by atoms with Gasteiger partial charge < -0.3 is 25.5 Å². The molecule has 2 unspecified atom stereocenters. The van der Waals surface area contributed by atoms with Gasteiger partial charge in [0.2, 0.25) is 0 Å². The molecule has 0 aromatic heterocycles. The van der Waals surface area contributed by atoms with Gasteiger partial charge in [-0.15, -0.1) is 0 Å². The summed E-state index contributed by atoms with van der Waals surface area (Å²) in [6, 6.07) is 0. The molecule has 0 spiro atoms. The van der Waals surface area contributed by atoms with Crippen molar-refractivity contribution < 1.29 is 39.9 Å². The molecule has 0 aliphatic heterocycles. The molecule has 4 aliphatic carbocycles. The normalized spacial score (nSPS) is 44.9. The van der Waals surface area contributed by atoms with Crippen LogP contribution in [0.3, 0.4) is 0 Å². The fourth-order valence-corrected chi connectivity index (χ4v) is 9.20. The quantitative estimate of drug-likeness (QED) is 0.336. The molecule has 3 fully saturated rings. The van der Waals surface area contributed by atoms with Gasteiger partial charge in [-0.25, -0.2) is 0 Å². The molecule has 0 saturated heterocycles. The van der Waals surface area contributed by atoms with Gasteiger partial charge in [-0.05, 0) is 76.5 Å². The molecule has 0 aromatic carbocycles. The number of aliphatic hydroxyl groups excluding tert-OH is 3. The molecular weight excluding hydrogens is 488 g/mol. The molecular formula is C30H46O8. The third-order valence-electron chi connectivity index (χ3n) is 11.8. The van der Waals surface area contributed by atoms with Crippen molar-refractivity contribution in [2.75, 3.05) is 0 Å². The monoisotopic (exact) mass is 534 g/mol.